The van der Waals surface area contributed by atoms with E-state index >= 15 is 0 Å². The van der Waals surface area contributed by atoms with Crippen LogP contribution >= 0.6 is 0 Å². The molecule has 2 aromatic rings. The van der Waals surface area contributed by atoms with Gasteiger partial charge in [-0.1, -0.05) is 32.9 Å². The molecule has 0 amide bonds. The van der Waals surface area contributed by atoms with Crippen LogP contribution in [0, 0.1) is 5.82 Å². The van der Waals surface area contributed by atoms with Crippen LogP contribution in [0.25, 0.3) is 10.8 Å². The minimum absolute atomic E-state index is 0.123. The van der Waals surface area contributed by atoms with E-state index in [0.29, 0.717) is 5.39 Å². The maximum Gasteiger partial charge on any atom is 0.134 e. The molecule has 0 aliphatic carbocycles. The fourth-order valence-electron chi connectivity index (χ4n) is 1.71. The van der Waals surface area contributed by atoms with Crippen molar-refractivity contribution in [2.45, 2.75) is 26.2 Å². The molecule has 78 valence electrons. The zero-order valence-corrected chi connectivity index (χ0v) is 9.21. The summed E-state index contributed by atoms with van der Waals surface area (Å²) in [6.07, 6.45) is 3.31. The quantitative estimate of drug-likeness (QED) is 0.636. The molecule has 1 nitrogen and oxygen atoms in total. The summed E-state index contributed by atoms with van der Waals surface area (Å²) in [4.78, 5) is 3.98. The topological polar surface area (TPSA) is 12.9 Å². The van der Waals surface area contributed by atoms with Gasteiger partial charge >= 0.3 is 0 Å². The van der Waals surface area contributed by atoms with Crippen LogP contribution in [0.15, 0.2) is 30.6 Å². The Kier molecular flexibility index (Phi) is 2.22. The van der Waals surface area contributed by atoms with Crippen LogP contribution in [-0.4, -0.2) is 4.98 Å². The normalized spacial score (nSPS) is 12.0. The summed E-state index contributed by atoms with van der Waals surface area (Å²) in [6, 6.07) is 5.49. The molecule has 0 N–H and O–H groups in total. The number of pyridine rings is 1. The number of halogens is 1. The van der Waals surface area contributed by atoms with Gasteiger partial charge in [0.1, 0.15) is 5.82 Å². The largest absolute Gasteiger partial charge is 0.264 e. The highest BCUT2D eigenvalue weighted by molar-refractivity contribution is 5.83. The summed E-state index contributed by atoms with van der Waals surface area (Å²) in [5, 5.41) is 1.50. The fraction of sp³-hybridized carbons (Fsp3) is 0.308. The number of hydrogen-bond donors (Lipinski definition) is 0. The van der Waals surface area contributed by atoms with E-state index in [1.54, 1.807) is 18.5 Å². The monoisotopic (exact) mass is 203 g/mol. The van der Waals surface area contributed by atoms with Gasteiger partial charge in [-0.05, 0) is 17.0 Å². The fourth-order valence-corrected chi connectivity index (χ4v) is 1.71. The standard InChI is InChI=1S/C13H14FN/c1-13(2,3)11-5-4-9-8-15-7-6-10(9)12(11)14/h4-8H,1-3H3. The molecule has 2 rings (SSSR count). The second-order valence-electron chi connectivity index (χ2n) is 4.77. The third kappa shape index (κ3) is 1.72. The SMILES string of the molecule is CC(C)(C)c1ccc2cnccc2c1F. The molecular weight excluding hydrogens is 189 g/mol. The molecule has 0 aliphatic rings. The van der Waals surface area contributed by atoms with Gasteiger partial charge in [0.15, 0.2) is 0 Å². The summed E-state index contributed by atoms with van der Waals surface area (Å²) in [5.74, 6) is -0.123. The van der Waals surface area contributed by atoms with Crippen LogP contribution in [0.2, 0.25) is 0 Å². The lowest BCUT2D eigenvalue weighted by Crippen LogP contribution is -2.13. The first-order chi connectivity index (χ1) is 7.00. The van der Waals surface area contributed by atoms with Crippen LogP contribution in [0.4, 0.5) is 4.39 Å². The van der Waals surface area contributed by atoms with Gasteiger partial charge in [0.05, 0.1) is 0 Å². The van der Waals surface area contributed by atoms with E-state index in [1.807, 2.05) is 32.9 Å². The summed E-state index contributed by atoms with van der Waals surface area (Å²) in [6.45, 7) is 6.04. The highest BCUT2D eigenvalue weighted by Crippen LogP contribution is 2.29. The zero-order chi connectivity index (χ0) is 11.1. The average molecular weight is 203 g/mol. The van der Waals surface area contributed by atoms with Crippen molar-refractivity contribution >= 4 is 10.8 Å². The number of nitrogens with zero attached hydrogens (tertiary/aromatic N) is 1. The molecule has 0 spiro atoms. The lowest BCUT2D eigenvalue weighted by molar-refractivity contribution is 0.529. The van der Waals surface area contributed by atoms with Crippen molar-refractivity contribution in [1.82, 2.24) is 4.98 Å². The van der Waals surface area contributed by atoms with Gasteiger partial charge in [-0.3, -0.25) is 4.98 Å². The van der Waals surface area contributed by atoms with E-state index in [0.717, 1.165) is 10.9 Å². The average Bonchev–Trinajstić information content (AvgIpc) is 2.16. The van der Waals surface area contributed by atoms with Gasteiger partial charge in [-0.15, -0.1) is 0 Å². The number of aromatic nitrogens is 1. The maximum absolute atomic E-state index is 14.1. The van der Waals surface area contributed by atoms with E-state index in [2.05, 4.69) is 4.98 Å². The zero-order valence-electron chi connectivity index (χ0n) is 9.21. The van der Waals surface area contributed by atoms with E-state index in [1.165, 1.54) is 0 Å². The van der Waals surface area contributed by atoms with E-state index in [4.69, 9.17) is 0 Å². The molecule has 0 unspecified atom stereocenters. The molecular formula is C13H14FN. The number of benzene rings is 1. The van der Waals surface area contributed by atoms with E-state index < -0.39 is 0 Å². The smallest absolute Gasteiger partial charge is 0.134 e. The Balaban J connectivity index is 2.76. The first-order valence-corrected chi connectivity index (χ1v) is 5.03. The van der Waals surface area contributed by atoms with Crippen molar-refractivity contribution in [2.24, 2.45) is 0 Å². The van der Waals surface area contributed by atoms with Crippen LogP contribution in [0.5, 0.6) is 0 Å². The summed E-state index contributed by atoms with van der Waals surface area (Å²) < 4.78 is 14.1. The van der Waals surface area contributed by atoms with Gasteiger partial charge < -0.3 is 0 Å². The predicted octanol–water partition coefficient (Wildman–Crippen LogP) is 3.67. The van der Waals surface area contributed by atoms with Gasteiger partial charge in [0.25, 0.3) is 0 Å². The molecule has 1 heterocycles. The summed E-state index contributed by atoms with van der Waals surface area (Å²) in [7, 11) is 0. The number of hydrogen-bond acceptors (Lipinski definition) is 1. The molecule has 0 bridgehead atoms. The Morgan fingerprint density at radius 3 is 2.53 bits per heavy atom. The van der Waals surface area contributed by atoms with Crippen molar-refractivity contribution in [3.63, 3.8) is 0 Å². The predicted molar refractivity (Wildman–Crippen MR) is 60.4 cm³/mol. The van der Waals surface area contributed by atoms with Crippen molar-refractivity contribution < 1.29 is 4.39 Å². The molecule has 1 aromatic carbocycles. The van der Waals surface area contributed by atoms with Gasteiger partial charge in [-0.25, -0.2) is 4.39 Å². The van der Waals surface area contributed by atoms with Crippen molar-refractivity contribution in [3.8, 4) is 0 Å². The van der Waals surface area contributed by atoms with E-state index in [9.17, 15) is 4.39 Å². The minimum Gasteiger partial charge on any atom is -0.264 e. The highest BCUT2D eigenvalue weighted by atomic mass is 19.1. The molecule has 2 heteroatoms. The van der Waals surface area contributed by atoms with Crippen molar-refractivity contribution in [2.75, 3.05) is 0 Å². The molecule has 1 aromatic heterocycles. The molecule has 0 fully saturated rings. The lowest BCUT2D eigenvalue weighted by atomic mass is 9.85. The first kappa shape index (κ1) is 10.1. The Hall–Kier alpha value is -1.44. The van der Waals surface area contributed by atoms with Gasteiger partial charge in [-0.2, -0.15) is 0 Å². The Labute approximate surface area is 89.0 Å². The van der Waals surface area contributed by atoms with Gasteiger partial charge in [0, 0.05) is 23.2 Å². The summed E-state index contributed by atoms with van der Waals surface area (Å²) >= 11 is 0. The molecule has 0 aliphatic heterocycles. The number of fused-ring (bicyclic) bond motifs is 1. The molecule has 0 saturated carbocycles. The second-order valence-corrected chi connectivity index (χ2v) is 4.77. The Morgan fingerprint density at radius 1 is 1.13 bits per heavy atom. The van der Waals surface area contributed by atoms with Crippen molar-refractivity contribution in [3.05, 3.63) is 42.0 Å². The van der Waals surface area contributed by atoms with Crippen LogP contribution < -0.4 is 0 Å². The second kappa shape index (κ2) is 3.30. The highest BCUT2D eigenvalue weighted by Gasteiger charge is 2.19. The van der Waals surface area contributed by atoms with Gasteiger partial charge in [0.2, 0.25) is 0 Å². The van der Waals surface area contributed by atoms with Crippen LogP contribution in [0.1, 0.15) is 26.3 Å². The Morgan fingerprint density at radius 2 is 1.87 bits per heavy atom. The molecule has 0 atom stereocenters. The molecule has 0 radical (unpaired) electrons. The van der Waals surface area contributed by atoms with Crippen LogP contribution in [-0.2, 0) is 5.41 Å². The molecule has 0 saturated heterocycles. The summed E-state index contributed by atoms with van der Waals surface area (Å²) in [5.41, 5.74) is 0.586. The molecule has 15 heavy (non-hydrogen) atoms. The third-order valence-corrected chi connectivity index (χ3v) is 2.56. The Bertz CT molecular complexity index is 497. The van der Waals surface area contributed by atoms with E-state index in [-0.39, 0.29) is 11.2 Å². The lowest BCUT2D eigenvalue weighted by Gasteiger charge is -2.20. The third-order valence-electron chi connectivity index (χ3n) is 2.56. The minimum atomic E-state index is -0.165. The van der Waals surface area contributed by atoms with Crippen molar-refractivity contribution in [1.29, 1.82) is 0 Å². The van der Waals surface area contributed by atoms with Crippen LogP contribution in [0.3, 0.4) is 0 Å². The number of rotatable bonds is 0. The maximum atomic E-state index is 14.1. The first-order valence-electron chi connectivity index (χ1n) is 5.03.